The standard InChI is InChI=1S/C4H4Cl2N2O3/c5-1(3(9)8-7)2(6)4(10)11/h7H2,(H,8,9)(H,10,11)/b2-1-. The largest absolute Gasteiger partial charge is 0.477 e. The molecule has 0 heterocycles. The molecule has 0 saturated heterocycles. The fraction of sp³-hybridized carbons (Fsp3) is 0. The summed E-state index contributed by atoms with van der Waals surface area (Å²) in [5.74, 6) is 2.21. The van der Waals surface area contributed by atoms with Gasteiger partial charge in [0.2, 0.25) is 0 Å². The van der Waals surface area contributed by atoms with Gasteiger partial charge in [0.1, 0.15) is 10.1 Å². The molecule has 7 heteroatoms. The number of nitrogens with two attached hydrogens (primary N) is 1. The van der Waals surface area contributed by atoms with E-state index >= 15 is 0 Å². The number of amides is 1. The van der Waals surface area contributed by atoms with Crippen LogP contribution in [0.3, 0.4) is 0 Å². The van der Waals surface area contributed by atoms with Gasteiger partial charge in [0.05, 0.1) is 0 Å². The van der Waals surface area contributed by atoms with E-state index in [0.29, 0.717) is 0 Å². The lowest BCUT2D eigenvalue weighted by molar-refractivity contribution is -0.132. The van der Waals surface area contributed by atoms with Crippen molar-refractivity contribution in [3.05, 3.63) is 10.1 Å². The summed E-state index contributed by atoms with van der Waals surface area (Å²) in [6, 6.07) is 0. The van der Waals surface area contributed by atoms with E-state index < -0.39 is 21.9 Å². The zero-order chi connectivity index (χ0) is 9.02. The normalized spacial score (nSPS) is 11.9. The Morgan fingerprint density at radius 1 is 1.27 bits per heavy atom. The predicted octanol–water partition coefficient (Wildman–Crippen LogP) is -0.250. The number of hydrogen-bond donors (Lipinski definition) is 3. The molecule has 1 amide bonds. The Hall–Kier alpha value is -0.780. The molecular formula is C4H4Cl2N2O3. The van der Waals surface area contributed by atoms with Gasteiger partial charge in [0.25, 0.3) is 5.91 Å². The van der Waals surface area contributed by atoms with E-state index in [4.69, 9.17) is 28.3 Å². The van der Waals surface area contributed by atoms with Gasteiger partial charge in [0, 0.05) is 0 Å². The quantitative estimate of drug-likeness (QED) is 0.247. The first-order valence-corrected chi connectivity index (χ1v) is 3.05. The number of halogens is 2. The average molecular weight is 199 g/mol. The number of carboxylic acids is 1. The maximum Gasteiger partial charge on any atom is 0.349 e. The van der Waals surface area contributed by atoms with E-state index in [2.05, 4.69) is 5.84 Å². The molecule has 5 nitrogen and oxygen atoms in total. The third-order valence-corrected chi connectivity index (χ3v) is 1.52. The minimum Gasteiger partial charge on any atom is -0.477 e. The summed E-state index contributed by atoms with van der Waals surface area (Å²) < 4.78 is 0. The van der Waals surface area contributed by atoms with Crippen molar-refractivity contribution in [3.63, 3.8) is 0 Å². The zero-order valence-corrected chi connectivity index (χ0v) is 6.61. The van der Waals surface area contributed by atoms with E-state index in [0.717, 1.165) is 0 Å². The number of rotatable bonds is 2. The fourth-order valence-electron chi connectivity index (χ4n) is 0.257. The number of nitrogens with one attached hydrogen (secondary N) is 1. The van der Waals surface area contributed by atoms with Gasteiger partial charge in [-0.1, -0.05) is 23.2 Å². The molecular weight excluding hydrogens is 195 g/mol. The first-order chi connectivity index (χ1) is 5.00. The van der Waals surface area contributed by atoms with Gasteiger partial charge in [-0.3, -0.25) is 10.2 Å². The minimum atomic E-state index is -1.49. The molecule has 62 valence electrons. The number of aliphatic carboxylic acids is 1. The molecule has 0 aromatic heterocycles. The summed E-state index contributed by atoms with van der Waals surface area (Å²) in [4.78, 5) is 20.6. The van der Waals surface area contributed by atoms with Crippen molar-refractivity contribution in [3.8, 4) is 0 Å². The van der Waals surface area contributed by atoms with Gasteiger partial charge >= 0.3 is 5.97 Å². The van der Waals surface area contributed by atoms with E-state index in [-0.39, 0.29) is 0 Å². The van der Waals surface area contributed by atoms with Crippen LogP contribution in [-0.4, -0.2) is 17.0 Å². The van der Waals surface area contributed by atoms with Crippen LogP contribution in [0.5, 0.6) is 0 Å². The van der Waals surface area contributed by atoms with Gasteiger partial charge in [-0.25, -0.2) is 10.6 Å². The highest BCUT2D eigenvalue weighted by Crippen LogP contribution is 2.13. The smallest absolute Gasteiger partial charge is 0.349 e. The Labute approximate surface area is 71.7 Å². The van der Waals surface area contributed by atoms with Gasteiger partial charge in [-0.2, -0.15) is 0 Å². The van der Waals surface area contributed by atoms with E-state index in [1.807, 2.05) is 0 Å². The zero-order valence-electron chi connectivity index (χ0n) is 5.10. The molecule has 0 rings (SSSR count). The molecule has 0 aliphatic carbocycles. The Bertz CT molecular complexity index is 225. The molecule has 0 aliphatic rings. The Morgan fingerprint density at radius 3 is 2.00 bits per heavy atom. The van der Waals surface area contributed by atoms with Crippen LogP contribution in [0.4, 0.5) is 0 Å². The lowest BCUT2D eigenvalue weighted by atomic mass is 10.4. The third-order valence-electron chi connectivity index (χ3n) is 0.711. The molecule has 0 radical (unpaired) electrons. The number of hydrazine groups is 1. The molecule has 0 unspecified atom stereocenters. The lowest BCUT2D eigenvalue weighted by Gasteiger charge is -1.96. The predicted molar refractivity (Wildman–Crippen MR) is 38.7 cm³/mol. The van der Waals surface area contributed by atoms with Crippen molar-refractivity contribution in [2.24, 2.45) is 5.84 Å². The molecule has 0 fully saturated rings. The number of carbonyl (C=O) groups excluding carboxylic acids is 1. The fourth-order valence-corrected chi connectivity index (χ4v) is 0.478. The first-order valence-electron chi connectivity index (χ1n) is 2.30. The number of hydrogen-bond acceptors (Lipinski definition) is 3. The number of carbonyl (C=O) groups is 2. The molecule has 0 spiro atoms. The topological polar surface area (TPSA) is 92.4 Å². The molecule has 0 aliphatic heterocycles. The average Bonchev–Trinajstić information content (AvgIpc) is 2.00. The van der Waals surface area contributed by atoms with Crippen LogP contribution in [0, 0.1) is 0 Å². The van der Waals surface area contributed by atoms with Gasteiger partial charge in [-0.15, -0.1) is 0 Å². The highest BCUT2D eigenvalue weighted by atomic mass is 35.5. The van der Waals surface area contributed by atoms with Crippen LogP contribution in [0.2, 0.25) is 0 Å². The molecule has 0 saturated carbocycles. The summed E-state index contributed by atoms with van der Waals surface area (Å²) in [7, 11) is 0. The molecule has 0 bridgehead atoms. The summed E-state index contributed by atoms with van der Waals surface area (Å²) >= 11 is 10.2. The monoisotopic (exact) mass is 198 g/mol. The second-order valence-electron chi connectivity index (χ2n) is 1.41. The molecule has 11 heavy (non-hydrogen) atoms. The van der Waals surface area contributed by atoms with Crippen molar-refractivity contribution in [1.82, 2.24) is 5.43 Å². The van der Waals surface area contributed by atoms with Gasteiger partial charge in [-0.05, 0) is 0 Å². The summed E-state index contributed by atoms with van der Waals surface area (Å²) in [5.41, 5.74) is 1.62. The summed E-state index contributed by atoms with van der Waals surface area (Å²) in [5, 5.41) is 6.78. The van der Waals surface area contributed by atoms with Crippen LogP contribution >= 0.6 is 23.2 Å². The maximum absolute atomic E-state index is 10.5. The highest BCUT2D eigenvalue weighted by Gasteiger charge is 2.15. The van der Waals surface area contributed by atoms with Crippen molar-refractivity contribution in [2.75, 3.05) is 0 Å². The van der Waals surface area contributed by atoms with Crippen molar-refractivity contribution in [1.29, 1.82) is 0 Å². The van der Waals surface area contributed by atoms with Crippen LogP contribution < -0.4 is 11.3 Å². The van der Waals surface area contributed by atoms with Crippen molar-refractivity contribution >= 4 is 35.1 Å². The second-order valence-corrected chi connectivity index (χ2v) is 2.16. The molecule has 4 N–H and O–H groups in total. The molecule has 0 atom stereocenters. The summed E-state index contributed by atoms with van der Waals surface area (Å²) in [6.45, 7) is 0. The Morgan fingerprint density at radius 2 is 1.73 bits per heavy atom. The van der Waals surface area contributed by atoms with E-state index in [1.54, 1.807) is 5.43 Å². The number of carboxylic acid groups (broad SMARTS) is 1. The van der Waals surface area contributed by atoms with Crippen molar-refractivity contribution in [2.45, 2.75) is 0 Å². The maximum atomic E-state index is 10.5. The molecule has 0 aromatic rings. The van der Waals surface area contributed by atoms with Gasteiger partial charge in [0.15, 0.2) is 0 Å². The van der Waals surface area contributed by atoms with Gasteiger partial charge < -0.3 is 5.11 Å². The van der Waals surface area contributed by atoms with Crippen LogP contribution in [0.1, 0.15) is 0 Å². The Kier molecular flexibility index (Phi) is 3.88. The summed E-state index contributed by atoms with van der Waals surface area (Å²) in [6.07, 6.45) is 0. The molecule has 0 aromatic carbocycles. The highest BCUT2D eigenvalue weighted by molar-refractivity contribution is 6.53. The minimum absolute atomic E-state index is 0.651. The Balaban J connectivity index is 4.66. The second kappa shape index (κ2) is 4.17. The van der Waals surface area contributed by atoms with E-state index in [1.165, 1.54) is 0 Å². The van der Waals surface area contributed by atoms with Crippen LogP contribution in [0.15, 0.2) is 10.1 Å². The first kappa shape index (κ1) is 10.2. The van der Waals surface area contributed by atoms with E-state index in [9.17, 15) is 9.59 Å². The third kappa shape index (κ3) is 2.75. The van der Waals surface area contributed by atoms with Crippen LogP contribution in [0.25, 0.3) is 0 Å². The SMILES string of the molecule is NNC(=O)/C(Cl)=C(/Cl)C(=O)O. The van der Waals surface area contributed by atoms with Crippen LogP contribution in [-0.2, 0) is 9.59 Å². The lowest BCUT2D eigenvalue weighted by Crippen LogP contribution is -2.30. The van der Waals surface area contributed by atoms with Crippen molar-refractivity contribution < 1.29 is 14.7 Å².